The molecule has 0 atom stereocenters. The predicted molar refractivity (Wildman–Crippen MR) is 79.4 cm³/mol. The van der Waals surface area contributed by atoms with Gasteiger partial charge >= 0.3 is 0 Å². The summed E-state index contributed by atoms with van der Waals surface area (Å²) in [6, 6.07) is 3.73. The Kier molecular flexibility index (Phi) is 7.84. The fourth-order valence-electron chi connectivity index (χ4n) is 1.89. The summed E-state index contributed by atoms with van der Waals surface area (Å²) in [6.45, 7) is 4.89. The number of ether oxygens (including phenoxy) is 2. The Hall–Kier alpha value is -1.46. The Balaban J connectivity index is 2.70. The van der Waals surface area contributed by atoms with Crippen LogP contribution in [0.5, 0.6) is 0 Å². The maximum atomic E-state index is 11.6. The lowest BCUT2D eigenvalue weighted by Crippen LogP contribution is -2.29. The molecule has 5 nitrogen and oxygen atoms in total. The average molecular weight is 280 g/mol. The minimum atomic E-state index is 0.0689. The smallest absolute Gasteiger partial charge is 0.180 e. The second-order valence-corrected chi connectivity index (χ2v) is 4.50. The Morgan fingerprint density at radius 2 is 1.95 bits per heavy atom. The van der Waals surface area contributed by atoms with Crippen LogP contribution in [-0.4, -0.2) is 51.3 Å². The second-order valence-electron chi connectivity index (χ2n) is 4.50. The predicted octanol–water partition coefficient (Wildman–Crippen LogP) is 2.16. The normalized spacial score (nSPS) is 10.6. The topological polar surface area (TPSA) is 51.7 Å². The van der Waals surface area contributed by atoms with Crippen molar-refractivity contribution >= 4 is 11.5 Å². The molecule has 0 aliphatic rings. The van der Waals surface area contributed by atoms with E-state index >= 15 is 0 Å². The molecule has 0 aliphatic carbocycles. The standard InChI is InChI=1S/C15H24N2O3/c1-4-15(18)14-7-6-13(12-16-14)17(9-11-20-3)8-5-10-19-2/h6-7,12H,4-5,8-11H2,1-3H3. The van der Waals surface area contributed by atoms with Gasteiger partial charge in [0.15, 0.2) is 5.78 Å². The Bertz CT molecular complexity index is 393. The van der Waals surface area contributed by atoms with Crippen LogP contribution in [0.3, 0.4) is 0 Å². The van der Waals surface area contributed by atoms with Gasteiger partial charge in [0.05, 0.1) is 18.5 Å². The lowest BCUT2D eigenvalue weighted by molar-refractivity contribution is 0.0983. The van der Waals surface area contributed by atoms with Gasteiger partial charge in [-0.05, 0) is 18.6 Å². The summed E-state index contributed by atoms with van der Waals surface area (Å²) in [5, 5.41) is 0. The summed E-state index contributed by atoms with van der Waals surface area (Å²) in [5.41, 5.74) is 1.53. The molecular formula is C15H24N2O3. The molecule has 1 aromatic heterocycles. The summed E-state index contributed by atoms with van der Waals surface area (Å²) >= 11 is 0. The quantitative estimate of drug-likeness (QED) is 0.485. The SMILES string of the molecule is CCC(=O)c1ccc(N(CCCOC)CCOC)cn1. The number of anilines is 1. The fourth-order valence-corrected chi connectivity index (χ4v) is 1.89. The van der Waals surface area contributed by atoms with Crippen LogP contribution < -0.4 is 4.90 Å². The van der Waals surface area contributed by atoms with Gasteiger partial charge in [-0.25, -0.2) is 0 Å². The molecular weight excluding hydrogens is 256 g/mol. The van der Waals surface area contributed by atoms with Gasteiger partial charge in [-0.3, -0.25) is 9.78 Å². The van der Waals surface area contributed by atoms with Gasteiger partial charge in [0.1, 0.15) is 5.69 Å². The molecule has 0 radical (unpaired) electrons. The molecule has 1 aromatic rings. The minimum Gasteiger partial charge on any atom is -0.385 e. The summed E-state index contributed by atoms with van der Waals surface area (Å²) < 4.78 is 10.2. The molecule has 0 aliphatic heterocycles. The van der Waals surface area contributed by atoms with Gasteiger partial charge in [0, 0.05) is 40.3 Å². The van der Waals surface area contributed by atoms with E-state index in [9.17, 15) is 4.79 Å². The largest absolute Gasteiger partial charge is 0.385 e. The molecule has 1 rings (SSSR count). The highest BCUT2D eigenvalue weighted by Crippen LogP contribution is 2.14. The first kappa shape index (κ1) is 16.6. The number of hydrogen-bond donors (Lipinski definition) is 0. The monoisotopic (exact) mass is 280 g/mol. The lowest BCUT2D eigenvalue weighted by Gasteiger charge is -2.24. The number of methoxy groups -OCH3 is 2. The first-order valence-corrected chi connectivity index (χ1v) is 6.95. The fraction of sp³-hybridized carbons (Fsp3) is 0.600. The third-order valence-electron chi connectivity index (χ3n) is 3.06. The van der Waals surface area contributed by atoms with E-state index < -0.39 is 0 Å². The molecule has 0 saturated carbocycles. The Morgan fingerprint density at radius 3 is 2.50 bits per heavy atom. The number of nitrogens with zero attached hydrogens (tertiary/aromatic N) is 2. The maximum absolute atomic E-state index is 11.6. The Labute approximate surface area is 120 Å². The van der Waals surface area contributed by atoms with E-state index in [-0.39, 0.29) is 5.78 Å². The molecule has 0 amide bonds. The molecule has 0 bridgehead atoms. The summed E-state index contributed by atoms with van der Waals surface area (Å²) in [4.78, 5) is 18.0. The van der Waals surface area contributed by atoms with Crippen molar-refractivity contribution in [3.8, 4) is 0 Å². The highest BCUT2D eigenvalue weighted by atomic mass is 16.5. The number of rotatable bonds is 10. The molecule has 1 heterocycles. The zero-order valence-electron chi connectivity index (χ0n) is 12.6. The highest BCUT2D eigenvalue weighted by Gasteiger charge is 2.09. The number of Topliss-reactive ketones (excluding diaryl/α,β-unsaturated/α-hetero) is 1. The van der Waals surface area contributed by atoms with Gasteiger partial charge in [-0.2, -0.15) is 0 Å². The van der Waals surface area contributed by atoms with Gasteiger partial charge in [0.2, 0.25) is 0 Å². The van der Waals surface area contributed by atoms with E-state index in [0.717, 1.165) is 31.8 Å². The lowest BCUT2D eigenvalue weighted by atomic mass is 10.2. The molecule has 0 unspecified atom stereocenters. The third-order valence-corrected chi connectivity index (χ3v) is 3.06. The molecule has 0 N–H and O–H groups in total. The van der Waals surface area contributed by atoms with Crippen molar-refractivity contribution < 1.29 is 14.3 Å². The van der Waals surface area contributed by atoms with Crippen molar-refractivity contribution in [2.75, 3.05) is 45.4 Å². The average Bonchev–Trinajstić information content (AvgIpc) is 2.50. The van der Waals surface area contributed by atoms with E-state index in [4.69, 9.17) is 9.47 Å². The van der Waals surface area contributed by atoms with E-state index in [2.05, 4.69) is 9.88 Å². The molecule has 0 saturated heterocycles. The Morgan fingerprint density at radius 1 is 1.20 bits per heavy atom. The van der Waals surface area contributed by atoms with Gasteiger partial charge in [-0.1, -0.05) is 6.92 Å². The molecule has 20 heavy (non-hydrogen) atoms. The first-order chi connectivity index (χ1) is 9.72. The van der Waals surface area contributed by atoms with Crippen LogP contribution in [0.25, 0.3) is 0 Å². The van der Waals surface area contributed by atoms with E-state index in [1.54, 1.807) is 26.5 Å². The van der Waals surface area contributed by atoms with Crippen molar-refractivity contribution in [1.82, 2.24) is 4.98 Å². The zero-order valence-corrected chi connectivity index (χ0v) is 12.6. The van der Waals surface area contributed by atoms with E-state index in [1.807, 2.05) is 13.0 Å². The van der Waals surface area contributed by atoms with Crippen LogP contribution in [-0.2, 0) is 9.47 Å². The number of aromatic nitrogens is 1. The van der Waals surface area contributed by atoms with E-state index in [0.29, 0.717) is 18.7 Å². The van der Waals surface area contributed by atoms with Crippen molar-refractivity contribution in [2.24, 2.45) is 0 Å². The van der Waals surface area contributed by atoms with Crippen LogP contribution in [0.4, 0.5) is 5.69 Å². The molecule has 0 spiro atoms. The van der Waals surface area contributed by atoms with Crippen molar-refractivity contribution in [2.45, 2.75) is 19.8 Å². The van der Waals surface area contributed by atoms with E-state index in [1.165, 1.54) is 0 Å². The molecule has 5 heteroatoms. The number of pyridine rings is 1. The zero-order chi connectivity index (χ0) is 14.8. The van der Waals surface area contributed by atoms with Crippen LogP contribution in [0.15, 0.2) is 18.3 Å². The van der Waals surface area contributed by atoms with Gasteiger partial charge in [0.25, 0.3) is 0 Å². The molecule has 112 valence electrons. The minimum absolute atomic E-state index is 0.0689. The van der Waals surface area contributed by atoms with Crippen LogP contribution >= 0.6 is 0 Å². The van der Waals surface area contributed by atoms with Gasteiger partial charge in [-0.15, -0.1) is 0 Å². The first-order valence-electron chi connectivity index (χ1n) is 6.95. The summed E-state index contributed by atoms with van der Waals surface area (Å²) in [6.07, 6.45) is 3.18. The molecule has 0 aromatic carbocycles. The van der Waals surface area contributed by atoms with Crippen LogP contribution in [0.1, 0.15) is 30.3 Å². The third kappa shape index (κ3) is 5.27. The number of carbonyl (C=O) groups is 1. The van der Waals surface area contributed by atoms with Crippen molar-refractivity contribution in [3.63, 3.8) is 0 Å². The van der Waals surface area contributed by atoms with Crippen molar-refractivity contribution in [3.05, 3.63) is 24.0 Å². The summed E-state index contributed by atoms with van der Waals surface area (Å²) in [7, 11) is 3.39. The van der Waals surface area contributed by atoms with Crippen LogP contribution in [0.2, 0.25) is 0 Å². The number of hydrogen-bond acceptors (Lipinski definition) is 5. The number of ketones is 1. The number of carbonyl (C=O) groups excluding carboxylic acids is 1. The van der Waals surface area contributed by atoms with Crippen LogP contribution in [0, 0.1) is 0 Å². The summed E-state index contributed by atoms with van der Waals surface area (Å²) in [5.74, 6) is 0.0689. The van der Waals surface area contributed by atoms with Gasteiger partial charge < -0.3 is 14.4 Å². The molecule has 0 fully saturated rings. The highest BCUT2D eigenvalue weighted by molar-refractivity contribution is 5.94. The second kappa shape index (κ2) is 9.44. The van der Waals surface area contributed by atoms with Crippen molar-refractivity contribution in [1.29, 1.82) is 0 Å². The maximum Gasteiger partial charge on any atom is 0.180 e.